The predicted octanol–water partition coefficient (Wildman–Crippen LogP) is 4.17. The van der Waals surface area contributed by atoms with Crippen LogP contribution in [0.2, 0.25) is 0 Å². The van der Waals surface area contributed by atoms with Gasteiger partial charge in [-0.2, -0.15) is 26.3 Å². The van der Waals surface area contributed by atoms with Gasteiger partial charge in [-0.3, -0.25) is 4.79 Å². The molecule has 26 heavy (non-hydrogen) atoms. The molecular formula is C16H13F6NO3. The Balaban J connectivity index is 2.12. The van der Waals surface area contributed by atoms with Crippen molar-refractivity contribution in [3.05, 3.63) is 59.0 Å². The lowest BCUT2D eigenvalue weighted by Crippen LogP contribution is -2.26. The molecule has 10 heteroatoms. The first-order chi connectivity index (χ1) is 12.0. The number of carbonyl (C=O) groups excluding carboxylic acids is 1. The van der Waals surface area contributed by atoms with E-state index in [1.165, 1.54) is 18.6 Å². The quantitative estimate of drug-likeness (QED) is 0.765. The number of rotatable bonds is 5. The summed E-state index contributed by atoms with van der Waals surface area (Å²) in [6.07, 6.45) is -8.48. The van der Waals surface area contributed by atoms with Gasteiger partial charge in [0.25, 0.3) is 5.91 Å². The van der Waals surface area contributed by atoms with Gasteiger partial charge >= 0.3 is 12.4 Å². The van der Waals surface area contributed by atoms with Crippen molar-refractivity contribution < 1.29 is 40.7 Å². The number of furan rings is 1. The highest BCUT2D eigenvalue weighted by Crippen LogP contribution is 2.36. The molecule has 0 radical (unpaired) electrons. The molecule has 4 nitrogen and oxygen atoms in total. The van der Waals surface area contributed by atoms with Crippen LogP contribution in [-0.4, -0.2) is 17.6 Å². The van der Waals surface area contributed by atoms with Crippen molar-refractivity contribution in [2.75, 3.05) is 6.54 Å². The largest absolute Gasteiger partial charge is 0.472 e. The lowest BCUT2D eigenvalue weighted by molar-refractivity contribution is -0.143. The molecule has 0 saturated heterocycles. The van der Waals surface area contributed by atoms with Crippen LogP contribution in [0.4, 0.5) is 26.3 Å². The highest BCUT2D eigenvalue weighted by atomic mass is 19.4. The van der Waals surface area contributed by atoms with Gasteiger partial charge in [-0.25, -0.2) is 0 Å². The highest BCUT2D eigenvalue weighted by molar-refractivity contribution is 5.94. The van der Waals surface area contributed by atoms with Crippen molar-refractivity contribution in [2.24, 2.45) is 0 Å². The smallest absolute Gasteiger partial charge is 0.416 e. The zero-order valence-corrected chi connectivity index (χ0v) is 13.0. The average molecular weight is 381 g/mol. The van der Waals surface area contributed by atoms with E-state index in [1.807, 2.05) is 0 Å². The second-order valence-electron chi connectivity index (χ2n) is 5.41. The van der Waals surface area contributed by atoms with Crippen LogP contribution in [0.1, 0.15) is 39.6 Å². The van der Waals surface area contributed by atoms with E-state index in [1.54, 1.807) is 0 Å². The van der Waals surface area contributed by atoms with Gasteiger partial charge in [0.2, 0.25) is 0 Å². The number of hydrogen-bond donors (Lipinski definition) is 2. The number of amides is 1. The summed E-state index contributed by atoms with van der Waals surface area (Å²) in [5, 5.41) is 12.0. The summed E-state index contributed by atoms with van der Waals surface area (Å²) in [5.41, 5.74) is -3.49. The Morgan fingerprint density at radius 3 is 2.12 bits per heavy atom. The topological polar surface area (TPSA) is 62.5 Å². The number of nitrogens with one attached hydrogen (secondary N) is 1. The first kappa shape index (κ1) is 19.8. The summed E-state index contributed by atoms with van der Waals surface area (Å²) >= 11 is 0. The Labute approximate surface area is 143 Å². The van der Waals surface area contributed by atoms with Gasteiger partial charge in [0.05, 0.1) is 29.8 Å². The fourth-order valence-corrected chi connectivity index (χ4v) is 2.14. The first-order valence-corrected chi connectivity index (χ1v) is 7.26. The van der Waals surface area contributed by atoms with E-state index in [0.717, 1.165) is 0 Å². The summed E-state index contributed by atoms with van der Waals surface area (Å²) < 4.78 is 81.4. The molecule has 0 spiro atoms. The molecule has 0 fully saturated rings. The Hall–Kier alpha value is -2.49. The molecule has 2 aromatic rings. The SMILES string of the molecule is O=C(NCCC(O)c1ccoc1)c1cc(C(F)(F)F)cc(C(F)(F)F)c1. The fraction of sp³-hybridized carbons (Fsp3) is 0.312. The number of halogens is 6. The molecular weight excluding hydrogens is 368 g/mol. The summed E-state index contributed by atoms with van der Waals surface area (Å²) in [5.74, 6) is -1.11. The second-order valence-corrected chi connectivity index (χ2v) is 5.41. The number of carbonyl (C=O) groups is 1. The fourth-order valence-electron chi connectivity index (χ4n) is 2.14. The van der Waals surface area contributed by atoms with Gasteiger partial charge in [-0.05, 0) is 30.7 Å². The molecule has 0 aliphatic carbocycles. The van der Waals surface area contributed by atoms with Crippen LogP contribution in [0.5, 0.6) is 0 Å². The lowest BCUT2D eigenvalue weighted by atomic mass is 10.0. The molecule has 142 valence electrons. The summed E-state index contributed by atoms with van der Waals surface area (Å²) in [6, 6.07) is 2.11. The van der Waals surface area contributed by atoms with Crippen LogP contribution in [0.15, 0.2) is 41.2 Å². The number of aliphatic hydroxyl groups is 1. The van der Waals surface area contributed by atoms with Crippen molar-refractivity contribution in [3.8, 4) is 0 Å². The van der Waals surface area contributed by atoms with E-state index in [4.69, 9.17) is 4.42 Å². The van der Waals surface area contributed by atoms with E-state index in [2.05, 4.69) is 5.32 Å². The standard InChI is InChI=1S/C16H13F6NO3/c17-15(18,19)11-5-10(6-12(7-11)16(20,21)22)14(25)23-3-1-13(24)9-2-4-26-8-9/h2,4-8,13,24H,1,3H2,(H,23,25). The van der Waals surface area contributed by atoms with Crippen molar-refractivity contribution in [3.63, 3.8) is 0 Å². The summed E-state index contributed by atoms with van der Waals surface area (Å²) in [7, 11) is 0. The maximum atomic E-state index is 12.8. The maximum Gasteiger partial charge on any atom is 0.416 e. The Kier molecular flexibility index (Phi) is 5.65. The molecule has 1 amide bonds. The van der Waals surface area contributed by atoms with E-state index in [0.29, 0.717) is 17.7 Å². The average Bonchev–Trinajstić information content (AvgIpc) is 3.07. The van der Waals surface area contributed by atoms with Crippen LogP contribution in [0.3, 0.4) is 0 Å². The van der Waals surface area contributed by atoms with Gasteiger partial charge in [0.1, 0.15) is 0 Å². The van der Waals surface area contributed by atoms with Crippen molar-refractivity contribution in [2.45, 2.75) is 24.9 Å². The van der Waals surface area contributed by atoms with Gasteiger partial charge in [0, 0.05) is 17.7 Å². The minimum atomic E-state index is -5.03. The third-order valence-electron chi connectivity index (χ3n) is 3.48. The molecule has 1 aromatic carbocycles. The molecule has 0 aliphatic rings. The Morgan fingerprint density at radius 1 is 1.08 bits per heavy atom. The lowest BCUT2D eigenvalue weighted by Gasteiger charge is -2.14. The zero-order valence-electron chi connectivity index (χ0n) is 13.0. The number of aliphatic hydroxyl groups excluding tert-OH is 1. The van der Waals surface area contributed by atoms with Crippen LogP contribution in [0, 0.1) is 0 Å². The van der Waals surface area contributed by atoms with Crippen molar-refractivity contribution >= 4 is 5.91 Å². The normalized spacial score (nSPS) is 13.5. The Bertz CT molecular complexity index is 720. The van der Waals surface area contributed by atoms with Crippen molar-refractivity contribution in [1.82, 2.24) is 5.32 Å². The van der Waals surface area contributed by atoms with E-state index >= 15 is 0 Å². The van der Waals surface area contributed by atoms with Crippen molar-refractivity contribution in [1.29, 1.82) is 0 Å². The molecule has 1 aromatic heterocycles. The van der Waals surface area contributed by atoms with Gasteiger partial charge in [-0.15, -0.1) is 0 Å². The van der Waals surface area contributed by atoms with Gasteiger partial charge in [0.15, 0.2) is 0 Å². The molecule has 0 aliphatic heterocycles. The van der Waals surface area contributed by atoms with E-state index < -0.39 is 41.1 Å². The second kappa shape index (κ2) is 7.40. The summed E-state index contributed by atoms with van der Waals surface area (Å²) in [6.45, 7) is -0.164. The highest BCUT2D eigenvalue weighted by Gasteiger charge is 2.37. The van der Waals surface area contributed by atoms with Gasteiger partial charge < -0.3 is 14.8 Å². The third-order valence-corrected chi connectivity index (χ3v) is 3.48. The van der Waals surface area contributed by atoms with E-state index in [9.17, 15) is 36.2 Å². The zero-order chi connectivity index (χ0) is 19.5. The molecule has 2 rings (SSSR count). The Morgan fingerprint density at radius 2 is 1.65 bits per heavy atom. The van der Waals surface area contributed by atoms with Gasteiger partial charge in [-0.1, -0.05) is 0 Å². The molecule has 0 bridgehead atoms. The minimum absolute atomic E-state index is 0.00361. The molecule has 2 N–H and O–H groups in total. The van der Waals surface area contributed by atoms with Crippen LogP contribution in [0.25, 0.3) is 0 Å². The van der Waals surface area contributed by atoms with Crippen LogP contribution < -0.4 is 5.32 Å². The molecule has 1 unspecified atom stereocenters. The van der Waals surface area contributed by atoms with Crippen LogP contribution >= 0.6 is 0 Å². The molecule has 1 atom stereocenters. The number of hydrogen-bond acceptors (Lipinski definition) is 3. The monoisotopic (exact) mass is 381 g/mol. The maximum absolute atomic E-state index is 12.8. The number of benzene rings is 1. The molecule has 0 saturated carbocycles. The molecule has 1 heterocycles. The van der Waals surface area contributed by atoms with E-state index in [-0.39, 0.29) is 19.0 Å². The predicted molar refractivity (Wildman–Crippen MR) is 77.1 cm³/mol. The number of alkyl halides is 6. The third kappa shape index (κ3) is 5.01. The first-order valence-electron chi connectivity index (χ1n) is 7.26. The van der Waals surface area contributed by atoms with Crippen LogP contribution in [-0.2, 0) is 12.4 Å². The summed E-state index contributed by atoms with van der Waals surface area (Å²) in [4.78, 5) is 11.9. The minimum Gasteiger partial charge on any atom is -0.472 e.